The highest BCUT2D eigenvalue weighted by molar-refractivity contribution is 6.32. The molecule has 0 aliphatic carbocycles. The summed E-state index contributed by atoms with van der Waals surface area (Å²) < 4.78 is 5.70. The maximum Gasteiger partial charge on any atom is 0.142 e. The lowest BCUT2D eigenvalue weighted by Gasteiger charge is -2.14. The minimum atomic E-state index is 0.455. The highest BCUT2D eigenvalue weighted by Gasteiger charge is 2.08. The molecule has 2 nitrogen and oxygen atoms in total. The first kappa shape index (κ1) is 12.3. The number of hydrogen-bond donors (Lipinski definition) is 1. The summed E-state index contributed by atoms with van der Waals surface area (Å²) in [4.78, 5) is 0. The van der Waals surface area contributed by atoms with Gasteiger partial charge >= 0.3 is 0 Å². The second-order valence-corrected chi connectivity index (χ2v) is 4.16. The quantitative estimate of drug-likeness (QED) is 0.838. The van der Waals surface area contributed by atoms with Crippen molar-refractivity contribution >= 4 is 11.6 Å². The molecule has 2 N–H and O–H groups in total. The molecule has 0 saturated heterocycles. The van der Waals surface area contributed by atoms with Gasteiger partial charge in [0.1, 0.15) is 5.75 Å². The normalized spacial score (nSPS) is 12.5. The Balaban J connectivity index is 2.74. The molecule has 0 radical (unpaired) electrons. The van der Waals surface area contributed by atoms with Crippen molar-refractivity contribution in [1.29, 1.82) is 0 Å². The Kier molecular flexibility index (Phi) is 4.92. The zero-order valence-corrected chi connectivity index (χ0v) is 10.1. The molecule has 3 heteroatoms. The molecule has 0 aliphatic heterocycles. The minimum Gasteiger partial charge on any atom is -0.491 e. The SMILES string of the molecule is CCC(C)COc1c(Cl)cccc1CN. The van der Waals surface area contributed by atoms with Crippen LogP contribution in [0.3, 0.4) is 0 Å². The van der Waals surface area contributed by atoms with Crippen LogP contribution < -0.4 is 10.5 Å². The van der Waals surface area contributed by atoms with Gasteiger partial charge in [0.05, 0.1) is 11.6 Å². The van der Waals surface area contributed by atoms with Crippen LogP contribution in [0.5, 0.6) is 5.75 Å². The minimum absolute atomic E-state index is 0.455. The van der Waals surface area contributed by atoms with E-state index in [1.54, 1.807) is 0 Å². The van der Waals surface area contributed by atoms with Gasteiger partial charge in [-0.05, 0) is 12.0 Å². The highest BCUT2D eigenvalue weighted by Crippen LogP contribution is 2.28. The lowest BCUT2D eigenvalue weighted by molar-refractivity contribution is 0.254. The molecule has 1 aromatic carbocycles. The van der Waals surface area contributed by atoms with Gasteiger partial charge in [-0.3, -0.25) is 0 Å². The van der Waals surface area contributed by atoms with Crippen LogP contribution >= 0.6 is 11.6 Å². The number of rotatable bonds is 5. The van der Waals surface area contributed by atoms with E-state index in [2.05, 4.69) is 13.8 Å². The molecule has 0 bridgehead atoms. The van der Waals surface area contributed by atoms with Crippen LogP contribution in [0.15, 0.2) is 18.2 Å². The van der Waals surface area contributed by atoms with Crippen molar-refractivity contribution in [1.82, 2.24) is 0 Å². The molecule has 1 rings (SSSR count). The maximum absolute atomic E-state index is 6.05. The largest absolute Gasteiger partial charge is 0.491 e. The van der Waals surface area contributed by atoms with Gasteiger partial charge in [0, 0.05) is 12.1 Å². The topological polar surface area (TPSA) is 35.2 Å². The number of benzene rings is 1. The predicted octanol–water partition coefficient (Wildman–Crippen LogP) is 3.22. The summed E-state index contributed by atoms with van der Waals surface area (Å²) in [6, 6.07) is 5.66. The summed E-state index contributed by atoms with van der Waals surface area (Å²) in [5.74, 6) is 1.27. The molecule has 0 aromatic heterocycles. The van der Waals surface area contributed by atoms with Gasteiger partial charge < -0.3 is 10.5 Å². The Bertz CT molecular complexity index is 314. The number of hydrogen-bond acceptors (Lipinski definition) is 2. The van der Waals surface area contributed by atoms with Gasteiger partial charge in [-0.15, -0.1) is 0 Å². The highest BCUT2D eigenvalue weighted by atomic mass is 35.5. The summed E-state index contributed by atoms with van der Waals surface area (Å²) in [6.07, 6.45) is 1.10. The molecule has 1 unspecified atom stereocenters. The fraction of sp³-hybridized carbons (Fsp3) is 0.500. The van der Waals surface area contributed by atoms with Gasteiger partial charge in [-0.1, -0.05) is 44.0 Å². The van der Waals surface area contributed by atoms with Crippen molar-refractivity contribution < 1.29 is 4.74 Å². The molecule has 15 heavy (non-hydrogen) atoms. The Hall–Kier alpha value is -0.730. The molecule has 1 aromatic rings. The lowest BCUT2D eigenvalue weighted by Crippen LogP contribution is -2.10. The molecule has 0 spiro atoms. The van der Waals surface area contributed by atoms with E-state index in [9.17, 15) is 0 Å². The molecule has 1 atom stereocenters. The van der Waals surface area contributed by atoms with Crippen LogP contribution in [0.2, 0.25) is 5.02 Å². The van der Waals surface area contributed by atoms with Crippen LogP contribution in [0.1, 0.15) is 25.8 Å². The van der Waals surface area contributed by atoms with Gasteiger partial charge in [0.15, 0.2) is 0 Å². The van der Waals surface area contributed by atoms with Crippen molar-refractivity contribution in [3.63, 3.8) is 0 Å². The second-order valence-electron chi connectivity index (χ2n) is 3.76. The molecule has 0 fully saturated rings. The Morgan fingerprint density at radius 1 is 1.47 bits per heavy atom. The maximum atomic E-state index is 6.05. The number of halogens is 1. The zero-order valence-electron chi connectivity index (χ0n) is 9.29. The van der Waals surface area contributed by atoms with Gasteiger partial charge in [0.2, 0.25) is 0 Å². The number of nitrogens with two attached hydrogens (primary N) is 1. The van der Waals surface area contributed by atoms with E-state index < -0.39 is 0 Å². The van der Waals surface area contributed by atoms with Crippen molar-refractivity contribution in [2.45, 2.75) is 26.8 Å². The Morgan fingerprint density at radius 2 is 2.20 bits per heavy atom. The third-order valence-corrected chi connectivity index (χ3v) is 2.78. The third-order valence-electron chi connectivity index (χ3n) is 2.48. The average Bonchev–Trinajstić information content (AvgIpc) is 2.26. The summed E-state index contributed by atoms with van der Waals surface area (Å²) >= 11 is 6.05. The first-order chi connectivity index (χ1) is 7.19. The molecule has 0 aliphatic rings. The monoisotopic (exact) mass is 227 g/mol. The molecule has 0 heterocycles. The van der Waals surface area contributed by atoms with Gasteiger partial charge in [-0.25, -0.2) is 0 Å². The van der Waals surface area contributed by atoms with Crippen LogP contribution in [0.4, 0.5) is 0 Å². The first-order valence-electron chi connectivity index (χ1n) is 5.29. The van der Waals surface area contributed by atoms with Crippen LogP contribution in [0, 0.1) is 5.92 Å². The van der Waals surface area contributed by atoms with Crippen LogP contribution in [0.25, 0.3) is 0 Å². The van der Waals surface area contributed by atoms with Crippen molar-refractivity contribution in [2.75, 3.05) is 6.61 Å². The molecule has 0 amide bonds. The Labute approximate surface area is 96.4 Å². The molecular weight excluding hydrogens is 210 g/mol. The van der Waals surface area contributed by atoms with E-state index in [1.807, 2.05) is 18.2 Å². The van der Waals surface area contributed by atoms with E-state index in [0.717, 1.165) is 17.7 Å². The summed E-state index contributed by atoms with van der Waals surface area (Å²) in [5.41, 5.74) is 6.58. The average molecular weight is 228 g/mol. The van der Waals surface area contributed by atoms with Crippen molar-refractivity contribution in [2.24, 2.45) is 11.7 Å². The van der Waals surface area contributed by atoms with E-state index in [0.29, 0.717) is 24.1 Å². The third kappa shape index (κ3) is 3.40. The number of para-hydroxylation sites is 1. The Morgan fingerprint density at radius 3 is 2.80 bits per heavy atom. The fourth-order valence-electron chi connectivity index (χ4n) is 1.22. The summed E-state index contributed by atoms with van der Waals surface area (Å²) in [5, 5.41) is 0.640. The molecule has 84 valence electrons. The van der Waals surface area contributed by atoms with Crippen LogP contribution in [-0.4, -0.2) is 6.61 Å². The molecule has 0 saturated carbocycles. The number of ether oxygens (including phenoxy) is 1. The van der Waals surface area contributed by atoms with E-state index in [1.165, 1.54) is 0 Å². The van der Waals surface area contributed by atoms with Gasteiger partial charge in [0.25, 0.3) is 0 Å². The smallest absolute Gasteiger partial charge is 0.142 e. The zero-order chi connectivity index (χ0) is 11.3. The fourth-order valence-corrected chi connectivity index (χ4v) is 1.47. The van der Waals surface area contributed by atoms with Crippen LogP contribution in [-0.2, 0) is 6.54 Å². The standard InChI is InChI=1S/C12H18ClNO/c1-3-9(2)8-15-12-10(7-14)5-4-6-11(12)13/h4-6,9H,3,7-8,14H2,1-2H3. The van der Waals surface area contributed by atoms with Crippen molar-refractivity contribution in [3.8, 4) is 5.75 Å². The lowest BCUT2D eigenvalue weighted by atomic mass is 10.1. The van der Waals surface area contributed by atoms with E-state index in [4.69, 9.17) is 22.1 Å². The van der Waals surface area contributed by atoms with Crippen molar-refractivity contribution in [3.05, 3.63) is 28.8 Å². The van der Waals surface area contributed by atoms with E-state index in [-0.39, 0.29) is 0 Å². The summed E-state index contributed by atoms with van der Waals surface area (Å²) in [6.45, 7) is 5.44. The molecular formula is C12H18ClNO. The second kappa shape index (κ2) is 5.99. The summed E-state index contributed by atoms with van der Waals surface area (Å²) in [7, 11) is 0. The van der Waals surface area contributed by atoms with Gasteiger partial charge in [-0.2, -0.15) is 0 Å². The predicted molar refractivity (Wildman–Crippen MR) is 64.3 cm³/mol. The first-order valence-corrected chi connectivity index (χ1v) is 5.67. The van der Waals surface area contributed by atoms with E-state index >= 15 is 0 Å².